The number of carbonyl (C=O) groups is 1. The Labute approximate surface area is 209 Å². The zero-order valence-electron chi connectivity index (χ0n) is 21.6. The highest BCUT2D eigenvalue weighted by molar-refractivity contribution is 5.97. The maximum absolute atomic E-state index is 12.5. The first kappa shape index (κ1) is 27.0. The zero-order chi connectivity index (χ0) is 25.4. The fraction of sp³-hybridized carbons (Fsp3) is 0.630. The summed E-state index contributed by atoms with van der Waals surface area (Å²) >= 11 is 0. The Morgan fingerprint density at radius 2 is 1.86 bits per heavy atom. The maximum Gasteiger partial charge on any atom is 0.252 e. The largest absolute Gasteiger partial charge is 0.494 e. The Morgan fingerprint density at radius 3 is 2.40 bits per heavy atom. The lowest BCUT2D eigenvalue weighted by molar-refractivity contribution is 0.0878. The second kappa shape index (κ2) is 12.9. The number of aliphatic imine (C=N–C) groups is 1. The molecule has 0 unspecified atom stereocenters. The van der Waals surface area contributed by atoms with Gasteiger partial charge in [-0.3, -0.25) is 4.79 Å². The van der Waals surface area contributed by atoms with Gasteiger partial charge in [-0.25, -0.2) is 4.99 Å². The van der Waals surface area contributed by atoms with E-state index in [4.69, 9.17) is 9.73 Å². The number of amides is 1. The number of ether oxygens (including phenoxy) is 1. The first-order valence-corrected chi connectivity index (χ1v) is 12.8. The van der Waals surface area contributed by atoms with Crippen LogP contribution in [0, 0.1) is 25.7 Å². The number of benzene rings is 1. The summed E-state index contributed by atoms with van der Waals surface area (Å²) in [5.41, 5.74) is 3.54. The maximum atomic E-state index is 12.5. The minimum atomic E-state index is -0.662. The zero-order valence-corrected chi connectivity index (χ0v) is 21.6. The molecule has 1 amide bonds. The van der Waals surface area contributed by atoms with Gasteiger partial charge in [-0.15, -0.1) is 0 Å². The first-order chi connectivity index (χ1) is 16.8. The number of carbonyl (C=O) groups excluding carboxylic acids is 1. The molecule has 0 radical (unpaired) electrons. The Balaban J connectivity index is 1.39. The molecule has 1 fully saturated rings. The average Bonchev–Trinajstić information content (AvgIpc) is 2.85. The van der Waals surface area contributed by atoms with Gasteiger partial charge in [0.05, 0.1) is 32.4 Å². The molecule has 2 aliphatic rings. The van der Waals surface area contributed by atoms with Crippen LogP contribution in [0.1, 0.15) is 61.0 Å². The van der Waals surface area contributed by atoms with Crippen LogP contribution in [-0.4, -0.2) is 72.5 Å². The second-order valence-electron chi connectivity index (χ2n) is 10.0. The van der Waals surface area contributed by atoms with Gasteiger partial charge in [-0.2, -0.15) is 0 Å². The standard InChI is InChI=1S/C27H42N4O4/c1-18(2)22-14-28-27(29-15-22)31-9-7-21(8-10-31)6-5-11-35-24-12-19(3)25(20(4)13-24)26(34)30-23(16-32)17-33/h12-14,18,21,23,32-33H,5-11,15-17H2,1-4H3,(H,28,29)(H,30,34). The van der Waals surface area contributed by atoms with Gasteiger partial charge < -0.3 is 30.5 Å². The van der Waals surface area contributed by atoms with Gasteiger partial charge in [0, 0.05) is 24.9 Å². The molecular weight excluding hydrogens is 444 g/mol. The molecule has 8 heteroatoms. The van der Waals surface area contributed by atoms with Crippen molar-refractivity contribution < 1.29 is 19.7 Å². The van der Waals surface area contributed by atoms with Crippen LogP contribution in [0.5, 0.6) is 5.75 Å². The molecule has 35 heavy (non-hydrogen) atoms. The lowest BCUT2D eigenvalue weighted by Crippen LogP contribution is -2.45. The number of nitrogens with one attached hydrogen (secondary N) is 2. The van der Waals surface area contributed by atoms with Gasteiger partial charge in [0.2, 0.25) is 0 Å². The number of rotatable bonds is 10. The summed E-state index contributed by atoms with van der Waals surface area (Å²) in [4.78, 5) is 19.6. The molecule has 8 nitrogen and oxygen atoms in total. The Morgan fingerprint density at radius 1 is 1.20 bits per heavy atom. The fourth-order valence-corrected chi connectivity index (χ4v) is 4.72. The number of guanidine groups is 1. The normalized spacial score (nSPS) is 16.7. The van der Waals surface area contributed by atoms with Crippen molar-refractivity contribution in [3.05, 3.63) is 40.6 Å². The summed E-state index contributed by atoms with van der Waals surface area (Å²) in [5, 5.41) is 24.5. The molecule has 0 saturated carbocycles. The number of aliphatic hydroxyl groups excluding tert-OH is 2. The molecule has 194 valence electrons. The SMILES string of the molecule is Cc1cc(OCCCC2CCN(C3=NCC(C(C)C)=CN3)CC2)cc(C)c1C(=O)NC(CO)CO. The highest BCUT2D eigenvalue weighted by atomic mass is 16.5. The van der Waals surface area contributed by atoms with Gasteiger partial charge in [-0.1, -0.05) is 13.8 Å². The average molecular weight is 487 g/mol. The second-order valence-corrected chi connectivity index (χ2v) is 10.0. The van der Waals surface area contributed by atoms with Crippen LogP contribution in [0.2, 0.25) is 0 Å². The minimum absolute atomic E-state index is 0.295. The third-order valence-corrected chi connectivity index (χ3v) is 6.99. The van der Waals surface area contributed by atoms with E-state index in [1.54, 1.807) is 0 Å². The Bertz CT molecular complexity index is 893. The number of likely N-dealkylation sites (tertiary alicyclic amines) is 1. The van der Waals surface area contributed by atoms with Crippen LogP contribution in [0.15, 0.2) is 28.9 Å². The molecule has 0 aliphatic carbocycles. The number of hydrogen-bond donors (Lipinski definition) is 4. The highest BCUT2D eigenvalue weighted by Gasteiger charge is 2.23. The summed E-state index contributed by atoms with van der Waals surface area (Å²) < 4.78 is 6.00. The molecular formula is C27H42N4O4. The van der Waals surface area contributed by atoms with Crippen LogP contribution in [0.3, 0.4) is 0 Å². The van der Waals surface area contributed by atoms with Crippen molar-refractivity contribution in [3.63, 3.8) is 0 Å². The molecule has 1 aromatic rings. The minimum Gasteiger partial charge on any atom is -0.494 e. The van der Waals surface area contributed by atoms with E-state index in [0.717, 1.165) is 55.3 Å². The molecule has 3 rings (SSSR count). The van der Waals surface area contributed by atoms with Crippen molar-refractivity contribution in [2.45, 2.75) is 59.4 Å². The van der Waals surface area contributed by atoms with Gasteiger partial charge in [0.15, 0.2) is 5.96 Å². The van der Waals surface area contributed by atoms with E-state index in [9.17, 15) is 15.0 Å². The van der Waals surface area contributed by atoms with Crippen molar-refractivity contribution >= 4 is 11.9 Å². The number of piperidine rings is 1. The molecule has 4 N–H and O–H groups in total. The molecule has 0 bridgehead atoms. The van der Waals surface area contributed by atoms with Crippen molar-refractivity contribution in [1.29, 1.82) is 0 Å². The predicted molar refractivity (Wildman–Crippen MR) is 139 cm³/mol. The van der Waals surface area contributed by atoms with Gasteiger partial charge >= 0.3 is 0 Å². The molecule has 0 aromatic heterocycles. The topological polar surface area (TPSA) is 106 Å². The smallest absolute Gasteiger partial charge is 0.252 e. The molecule has 0 spiro atoms. The first-order valence-electron chi connectivity index (χ1n) is 12.8. The molecule has 0 atom stereocenters. The summed E-state index contributed by atoms with van der Waals surface area (Å²) in [6.45, 7) is 11.1. The molecule has 1 aromatic carbocycles. The summed E-state index contributed by atoms with van der Waals surface area (Å²) in [7, 11) is 0. The van der Waals surface area contributed by atoms with Crippen molar-refractivity contribution in [3.8, 4) is 5.75 Å². The fourth-order valence-electron chi connectivity index (χ4n) is 4.72. The van der Waals surface area contributed by atoms with Crippen molar-refractivity contribution in [1.82, 2.24) is 15.5 Å². The van der Waals surface area contributed by atoms with Crippen LogP contribution < -0.4 is 15.4 Å². The quantitative estimate of drug-likeness (QED) is 0.379. The van der Waals surface area contributed by atoms with E-state index in [2.05, 4.69) is 35.6 Å². The van der Waals surface area contributed by atoms with E-state index in [0.29, 0.717) is 24.0 Å². The summed E-state index contributed by atoms with van der Waals surface area (Å²) in [6, 6.07) is 3.10. The molecule has 2 aliphatic heterocycles. The number of hydrogen-bond acceptors (Lipinski definition) is 7. The van der Waals surface area contributed by atoms with Crippen LogP contribution in [-0.2, 0) is 0 Å². The highest BCUT2D eigenvalue weighted by Crippen LogP contribution is 2.25. The van der Waals surface area contributed by atoms with E-state index < -0.39 is 6.04 Å². The van der Waals surface area contributed by atoms with E-state index in [-0.39, 0.29) is 19.1 Å². The van der Waals surface area contributed by atoms with Crippen molar-refractivity contribution in [2.75, 3.05) is 39.5 Å². The third-order valence-electron chi connectivity index (χ3n) is 6.99. The van der Waals surface area contributed by atoms with Crippen molar-refractivity contribution in [2.24, 2.45) is 16.8 Å². The lowest BCUT2D eigenvalue weighted by atomic mass is 9.92. The number of aryl methyl sites for hydroxylation is 2. The van der Waals surface area contributed by atoms with Crippen LogP contribution in [0.25, 0.3) is 0 Å². The lowest BCUT2D eigenvalue weighted by Gasteiger charge is -2.35. The van der Waals surface area contributed by atoms with E-state index in [1.165, 1.54) is 18.4 Å². The number of nitrogens with zero attached hydrogens (tertiary/aromatic N) is 2. The van der Waals surface area contributed by atoms with E-state index >= 15 is 0 Å². The van der Waals surface area contributed by atoms with Crippen LogP contribution in [0.4, 0.5) is 0 Å². The molecule has 1 saturated heterocycles. The van der Waals surface area contributed by atoms with E-state index in [1.807, 2.05) is 26.0 Å². The molecule has 2 heterocycles. The van der Waals surface area contributed by atoms with Crippen LogP contribution >= 0.6 is 0 Å². The predicted octanol–water partition coefficient (Wildman–Crippen LogP) is 2.76. The Kier molecular flexibility index (Phi) is 9.98. The van der Waals surface area contributed by atoms with Gasteiger partial charge in [0.1, 0.15) is 5.75 Å². The van der Waals surface area contributed by atoms with Gasteiger partial charge in [0.25, 0.3) is 5.91 Å². The third kappa shape index (κ3) is 7.45. The number of aliphatic hydroxyl groups is 2. The summed E-state index contributed by atoms with van der Waals surface area (Å²) in [6.07, 6.45) is 6.62. The van der Waals surface area contributed by atoms with Gasteiger partial charge in [-0.05, 0) is 80.2 Å². The Hall–Kier alpha value is -2.58. The summed E-state index contributed by atoms with van der Waals surface area (Å²) in [5.74, 6) is 2.73. The monoisotopic (exact) mass is 486 g/mol.